The number of ether oxygens (including phenoxy) is 2. The number of benzene rings is 1. The second-order valence-electron chi connectivity index (χ2n) is 6.81. The van der Waals surface area contributed by atoms with Crippen LogP contribution in [0, 0.1) is 6.92 Å². The maximum atomic E-state index is 6.03. The fraction of sp³-hybridized carbons (Fsp3) is 0.647. The van der Waals surface area contributed by atoms with Crippen molar-refractivity contribution >= 4 is 11.6 Å². The fourth-order valence-electron chi connectivity index (χ4n) is 2.43. The second kappa shape index (κ2) is 6.99. The third-order valence-corrected chi connectivity index (χ3v) is 3.85. The first-order chi connectivity index (χ1) is 9.83. The molecule has 1 N–H and O–H groups in total. The molecule has 1 aliphatic rings. The van der Waals surface area contributed by atoms with Crippen LogP contribution < -0.4 is 10.1 Å². The average molecular weight is 312 g/mol. The van der Waals surface area contributed by atoms with Gasteiger partial charge in [0.2, 0.25) is 0 Å². The van der Waals surface area contributed by atoms with E-state index >= 15 is 0 Å². The maximum absolute atomic E-state index is 6.03. The zero-order valence-electron chi connectivity index (χ0n) is 13.4. The molecule has 21 heavy (non-hydrogen) atoms. The molecule has 0 spiro atoms. The van der Waals surface area contributed by atoms with Gasteiger partial charge in [0.15, 0.2) is 0 Å². The molecular weight excluding hydrogens is 286 g/mol. The zero-order valence-corrected chi connectivity index (χ0v) is 14.2. The highest BCUT2D eigenvalue weighted by molar-refractivity contribution is 6.30. The number of rotatable bonds is 5. The summed E-state index contributed by atoms with van der Waals surface area (Å²) < 4.78 is 11.9. The van der Waals surface area contributed by atoms with E-state index in [9.17, 15) is 0 Å². The summed E-state index contributed by atoms with van der Waals surface area (Å²) in [5.41, 5.74) is 1.20. The van der Waals surface area contributed by atoms with Crippen LogP contribution in [-0.4, -0.2) is 30.9 Å². The van der Waals surface area contributed by atoms with Gasteiger partial charge in [-0.3, -0.25) is 0 Å². The van der Waals surface area contributed by atoms with E-state index in [1.807, 2.05) is 25.1 Å². The highest BCUT2D eigenvalue weighted by atomic mass is 35.5. The van der Waals surface area contributed by atoms with Crippen molar-refractivity contribution in [3.05, 3.63) is 28.8 Å². The first-order valence-electron chi connectivity index (χ1n) is 7.63. The van der Waals surface area contributed by atoms with Crippen molar-refractivity contribution in [2.45, 2.75) is 58.3 Å². The average Bonchev–Trinajstić information content (AvgIpc) is 2.82. The van der Waals surface area contributed by atoms with Gasteiger partial charge >= 0.3 is 0 Å². The lowest BCUT2D eigenvalue weighted by atomic mass is 10.1. The molecule has 3 nitrogen and oxygen atoms in total. The van der Waals surface area contributed by atoms with Crippen LogP contribution in [0.2, 0.25) is 5.02 Å². The Kier molecular flexibility index (Phi) is 5.53. The van der Waals surface area contributed by atoms with Gasteiger partial charge in [-0.2, -0.15) is 0 Å². The Morgan fingerprint density at radius 3 is 2.67 bits per heavy atom. The predicted molar refractivity (Wildman–Crippen MR) is 87.3 cm³/mol. The quantitative estimate of drug-likeness (QED) is 0.892. The smallest absolute Gasteiger partial charge is 0.122 e. The van der Waals surface area contributed by atoms with Gasteiger partial charge in [0.1, 0.15) is 12.4 Å². The van der Waals surface area contributed by atoms with E-state index < -0.39 is 0 Å². The number of halogens is 1. The first-order valence-corrected chi connectivity index (χ1v) is 8.01. The third-order valence-electron chi connectivity index (χ3n) is 3.62. The lowest BCUT2D eigenvalue weighted by Crippen LogP contribution is -2.41. The van der Waals surface area contributed by atoms with Gasteiger partial charge < -0.3 is 14.8 Å². The Morgan fingerprint density at radius 2 is 2.00 bits per heavy atom. The topological polar surface area (TPSA) is 30.5 Å². The molecule has 4 heteroatoms. The molecule has 0 aliphatic carbocycles. The van der Waals surface area contributed by atoms with Crippen molar-refractivity contribution in [3.8, 4) is 5.75 Å². The zero-order chi connectivity index (χ0) is 15.5. The molecular formula is C17H26ClNO2. The van der Waals surface area contributed by atoms with E-state index in [1.54, 1.807) is 0 Å². The highest BCUT2D eigenvalue weighted by Gasteiger charge is 2.26. The molecule has 2 rings (SSSR count). The summed E-state index contributed by atoms with van der Waals surface area (Å²) in [6.07, 6.45) is 2.64. The van der Waals surface area contributed by atoms with E-state index in [-0.39, 0.29) is 11.6 Å². The van der Waals surface area contributed by atoms with Gasteiger partial charge in [-0.1, -0.05) is 11.6 Å². The van der Waals surface area contributed by atoms with E-state index in [2.05, 4.69) is 26.1 Å². The molecule has 0 amide bonds. The molecule has 0 bridgehead atoms. The van der Waals surface area contributed by atoms with Gasteiger partial charge in [-0.15, -0.1) is 0 Å². The van der Waals surface area contributed by atoms with Gasteiger partial charge in [0.05, 0.1) is 12.2 Å². The van der Waals surface area contributed by atoms with Crippen LogP contribution in [0.5, 0.6) is 5.75 Å². The third kappa shape index (κ3) is 5.50. The Bertz CT molecular complexity index is 470. The maximum Gasteiger partial charge on any atom is 0.122 e. The Labute approximate surface area is 133 Å². The van der Waals surface area contributed by atoms with E-state index in [4.69, 9.17) is 21.1 Å². The number of hydrogen-bond donors (Lipinski definition) is 1. The van der Waals surface area contributed by atoms with E-state index in [0.29, 0.717) is 12.7 Å². The standard InChI is InChI=1S/C17H26ClNO2/c1-12-9-13(18)5-8-16(12)20-11-15-7-6-14(21-15)10-19-17(2,3)4/h5,8-9,14-15,19H,6-7,10-11H2,1-4H3. The van der Waals surface area contributed by atoms with Crippen molar-refractivity contribution in [2.24, 2.45) is 0 Å². The molecule has 2 atom stereocenters. The second-order valence-corrected chi connectivity index (χ2v) is 7.25. The predicted octanol–water partition coefficient (Wildman–Crippen LogP) is 3.96. The molecule has 1 aromatic rings. The molecule has 1 saturated heterocycles. The summed E-state index contributed by atoms with van der Waals surface area (Å²) in [5, 5.41) is 4.23. The van der Waals surface area contributed by atoms with Crippen molar-refractivity contribution < 1.29 is 9.47 Å². The lowest BCUT2D eigenvalue weighted by Gasteiger charge is -2.23. The summed E-state index contributed by atoms with van der Waals surface area (Å²) in [6, 6.07) is 5.70. The largest absolute Gasteiger partial charge is 0.491 e. The summed E-state index contributed by atoms with van der Waals surface area (Å²) in [5.74, 6) is 0.888. The Balaban J connectivity index is 1.75. The summed E-state index contributed by atoms with van der Waals surface area (Å²) in [6.45, 7) is 10.0. The van der Waals surface area contributed by atoms with Gasteiger partial charge in [-0.25, -0.2) is 0 Å². The van der Waals surface area contributed by atoms with Crippen LogP contribution in [0.1, 0.15) is 39.2 Å². The van der Waals surface area contributed by atoms with Crippen molar-refractivity contribution in [1.82, 2.24) is 5.32 Å². The molecule has 1 aromatic carbocycles. The van der Waals surface area contributed by atoms with Gasteiger partial charge in [0, 0.05) is 17.1 Å². The summed E-state index contributed by atoms with van der Waals surface area (Å²) >= 11 is 5.95. The molecule has 1 aliphatic heterocycles. The van der Waals surface area contributed by atoms with Crippen LogP contribution in [0.25, 0.3) is 0 Å². The Morgan fingerprint density at radius 1 is 1.29 bits per heavy atom. The fourth-order valence-corrected chi connectivity index (χ4v) is 2.66. The van der Waals surface area contributed by atoms with Crippen molar-refractivity contribution in [2.75, 3.05) is 13.2 Å². The molecule has 118 valence electrons. The first kappa shape index (κ1) is 16.6. The molecule has 0 aromatic heterocycles. The molecule has 1 fully saturated rings. The minimum Gasteiger partial charge on any atom is -0.491 e. The minimum atomic E-state index is 0.137. The van der Waals surface area contributed by atoms with Crippen LogP contribution in [-0.2, 0) is 4.74 Å². The minimum absolute atomic E-state index is 0.137. The molecule has 0 radical (unpaired) electrons. The summed E-state index contributed by atoms with van der Waals surface area (Å²) in [7, 11) is 0. The highest BCUT2D eigenvalue weighted by Crippen LogP contribution is 2.24. The van der Waals surface area contributed by atoms with E-state index in [1.165, 1.54) is 0 Å². The summed E-state index contributed by atoms with van der Waals surface area (Å²) in [4.78, 5) is 0. The Hall–Kier alpha value is -0.770. The molecule has 0 saturated carbocycles. The van der Waals surface area contributed by atoms with E-state index in [0.717, 1.165) is 35.7 Å². The van der Waals surface area contributed by atoms with Crippen molar-refractivity contribution in [1.29, 1.82) is 0 Å². The SMILES string of the molecule is Cc1cc(Cl)ccc1OCC1CCC(CNC(C)(C)C)O1. The lowest BCUT2D eigenvalue weighted by molar-refractivity contribution is 0.0161. The van der Waals surface area contributed by atoms with Crippen molar-refractivity contribution in [3.63, 3.8) is 0 Å². The van der Waals surface area contributed by atoms with Crippen LogP contribution >= 0.6 is 11.6 Å². The normalized spacial score (nSPS) is 22.5. The van der Waals surface area contributed by atoms with Gasteiger partial charge in [0.25, 0.3) is 0 Å². The molecule has 1 heterocycles. The van der Waals surface area contributed by atoms with Crippen LogP contribution in [0.3, 0.4) is 0 Å². The van der Waals surface area contributed by atoms with Crippen LogP contribution in [0.4, 0.5) is 0 Å². The van der Waals surface area contributed by atoms with Crippen LogP contribution in [0.15, 0.2) is 18.2 Å². The number of hydrogen-bond acceptors (Lipinski definition) is 3. The molecule has 2 unspecified atom stereocenters. The monoisotopic (exact) mass is 311 g/mol. The number of aryl methyl sites for hydroxylation is 1. The van der Waals surface area contributed by atoms with Gasteiger partial charge in [-0.05, 0) is 64.3 Å². The number of nitrogens with one attached hydrogen (secondary N) is 1.